The molecule has 3 rings (SSSR count). The summed E-state index contributed by atoms with van der Waals surface area (Å²) in [4.78, 5) is 14.5. The predicted octanol–water partition coefficient (Wildman–Crippen LogP) is 5.16. The van der Waals surface area contributed by atoms with Crippen LogP contribution in [0.4, 0.5) is 0 Å². The van der Waals surface area contributed by atoms with Gasteiger partial charge in [0.25, 0.3) is 0 Å². The van der Waals surface area contributed by atoms with Crippen molar-refractivity contribution in [3.05, 3.63) is 77.3 Å². The van der Waals surface area contributed by atoms with Crippen LogP contribution in [0.3, 0.4) is 0 Å². The van der Waals surface area contributed by atoms with Gasteiger partial charge in [-0.1, -0.05) is 65.8 Å². The van der Waals surface area contributed by atoms with Crippen molar-refractivity contribution >= 4 is 29.3 Å². The highest BCUT2D eigenvalue weighted by atomic mass is 35.5. The van der Waals surface area contributed by atoms with E-state index < -0.39 is 0 Å². The van der Waals surface area contributed by atoms with E-state index in [1.807, 2.05) is 60.9 Å². The lowest BCUT2D eigenvalue weighted by molar-refractivity contribution is -0.127. The third-order valence-corrected chi connectivity index (χ3v) is 5.73. The van der Waals surface area contributed by atoms with Crippen molar-refractivity contribution < 1.29 is 4.79 Å². The Balaban J connectivity index is 1.85. The van der Waals surface area contributed by atoms with Crippen molar-refractivity contribution in [2.75, 3.05) is 18.8 Å². The third-order valence-electron chi connectivity index (χ3n) is 4.52. The summed E-state index contributed by atoms with van der Waals surface area (Å²) in [5.74, 6) is 1.11. The summed E-state index contributed by atoms with van der Waals surface area (Å²) in [6, 6.07) is 17.7. The zero-order valence-corrected chi connectivity index (χ0v) is 18.8. The molecule has 1 heterocycles. The number of carbonyl (C=O) groups excluding carboxylic acids is 1. The van der Waals surface area contributed by atoms with Gasteiger partial charge in [-0.3, -0.25) is 9.36 Å². The molecular weight excluding hydrogens is 416 g/mol. The Labute approximate surface area is 186 Å². The molecule has 0 radical (unpaired) electrons. The first-order valence-corrected chi connectivity index (χ1v) is 11.1. The number of rotatable bonds is 9. The number of halogens is 1. The minimum atomic E-state index is 0.0628. The van der Waals surface area contributed by atoms with E-state index in [4.69, 9.17) is 11.6 Å². The molecule has 0 aliphatic carbocycles. The minimum absolute atomic E-state index is 0.0628. The van der Waals surface area contributed by atoms with Crippen LogP contribution < -0.4 is 0 Å². The molecule has 30 heavy (non-hydrogen) atoms. The standard InChI is InChI=1S/C23H25ClN4OS/c1-4-27(14-17(2)3)21(29)16-30-23-26-25-22(19-10-12-20(24)13-11-19)28(23)15-18-8-6-5-7-9-18/h5-13H,2,4,14-16H2,1,3H3. The Bertz CT molecular complexity index is 1000. The molecule has 1 aromatic heterocycles. The number of benzene rings is 2. The van der Waals surface area contributed by atoms with E-state index >= 15 is 0 Å². The van der Waals surface area contributed by atoms with Gasteiger partial charge in [0.2, 0.25) is 5.91 Å². The molecule has 0 fully saturated rings. The van der Waals surface area contributed by atoms with E-state index in [-0.39, 0.29) is 5.91 Å². The van der Waals surface area contributed by atoms with Gasteiger partial charge >= 0.3 is 0 Å². The highest BCUT2D eigenvalue weighted by Crippen LogP contribution is 2.26. The summed E-state index contributed by atoms with van der Waals surface area (Å²) in [7, 11) is 0. The van der Waals surface area contributed by atoms with Gasteiger partial charge in [0.15, 0.2) is 11.0 Å². The maximum Gasteiger partial charge on any atom is 0.233 e. The van der Waals surface area contributed by atoms with E-state index in [1.165, 1.54) is 11.8 Å². The highest BCUT2D eigenvalue weighted by molar-refractivity contribution is 7.99. The van der Waals surface area contributed by atoms with Gasteiger partial charge in [-0.2, -0.15) is 0 Å². The largest absolute Gasteiger partial charge is 0.338 e. The monoisotopic (exact) mass is 440 g/mol. The third kappa shape index (κ3) is 5.74. The Morgan fingerprint density at radius 3 is 2.47 bits per heavy atom. The second kappa shape index (κ2) is 10.5. The number of thioether (sulfide) groups is 1. The van der Waals surface area contributed by atoms with E-state index in [0.717, 1.165) is 22.5 Å². The smallest absolute Gasteiger partial charge is 0.233 e. The van der Waals surface area contributed by atoms with Crippen LogP contribution in [0.5, 0.6) is 0 Å². The minimum Gasteiger partial charge on any atom is -0.338 e. The number of hydrogen-bond donors (Lipinski definition) is 0. The molecule has 0 bridgehead atoms. The molecule has 0 aliphatic rings. The van der Waals surface area contributed by atoms with Gasteiger partial charge in [0.1, 0.15) is 0 Å². The van der Waals surface area contributed by atoms with Crippen LogP contribution in [0.1, 0.15) is 19.4 Å². The van der Waals surface area contributed by atoms with Crippen LogP contribution in [-0.4, -0.2) is 44.4 Å². The van der Waals surface area contributed by atoms with Crippen molar-refractivity contribution in [1.29, 1.82) is 0 Å². The molecule has 0 unspecified atom stereocenters. The molecule has 156 valence electrons. The number of carbonyl (C=O) groups is 1. The van der Waals surface area contributed by atoms with Gasteiger partial charge in [-0.05, 0) is 43.7 Å². The molecule has 0 N–H and O–H groups in total. The quantitative estimate of drug-likeness (QED) is 0.340. The van der Waals surface area contributed by atoms with Crippen LogP contribution in [-0.2, 0) is 11.3 Å². The fraction of sp³-hybridized carbons (Fsp3) is 0.261. The van der Waals surface area contributed by atoms with Crippen molar-refractivity contribution in [2.45, 2.75) is 25.5 Å². The van der Waals surface area contributed by atoms with Gasteiger partial charge in [0, 0.05) is 23.7 Å². The molecular formula is C23H25ClN4OS. The number of hydrogen-bond acceptors (Lipinski definition) is 4. The lowest BCUT2D eigenvalue weighted by Gasteiger charge is -2.20. The number of amides is 1. The van der Waals surface area contributed by atoms with Crippen molar-refractivity contribution in [3.63, 3.8) is 0 Å². The second-order valence-electron chi connectivity index (χ2n) is 7.04. The Morgan fingerprint density at radius 2 is 1.83 bits per heavy atom. The molecule has 7 heteroatoms. The molecule has 0 atom stereocenters. The molecule has 1 amide bonds. The molecule has 3 aromatic rings. The average molecular weight is 441 g/mol. The Morgan fingerprint density at radius 1 is 1.13 bits per heavy atom. The first-order valence-electron chi connectivity index (χ1n) is 9.76. The average Bonchev–Trinajstić information content (AvgIpc) is 3.13. The molecule has 0 aliphatic heterocycles. The zero-order chi connectivity index (χ0) is 21.5. The number of aromatic nitrogens is 3. The van der Waals surface area contributed by atoms with Crippen molar-refractivity contribution in [2.24, 2.45) is 0 Å². The van der Waals surface area contributed by atoms with Crippen LogP contribution >= 0.6 is 23.4 Å². The lowest BCUT2D eigenvalue weighted by atomic mass is 10.2. The second-order valence-corrected chi connectivity index (χ2v) is 8.42. The highest BCUT2D eigenvalue weighted by Gasteiger charge is 2.18. The molecule has 2 aromatic carbocycles. The van der Waals surface area contributed by atoms with Crippen LogP contribution in [0, 0.1) is 0 Å². The Hall–Kier alpha value is -2.57. The summed E-state index contributed by atoms with van der Waals surface area (Å²) in [6.45, 7) is 9.65. The van der Waals surface area contributed by atoms with Crippen LogP contribution in [0.25, 0.3) is 11.4 Å². The van der Waals surface area contributed by atoms with Crippen LogP contribution in [0.2, 0.25) is 5.02 Å². The normalized spacial score (nSPS) is 10.8. The maximum absolute atomic E-state index is 12.7. The number of nitrogens with zero attached hydrogens (tertiary/aromatic N) is 4. The number of likely N-dealkylation sites (N-methyl/N-ethyl adjacent to an activating group) is 1. The van der Waals surface area contributed by atoms with E-state index in [1.54, 1.807) is 4.90 Å². The lowest BCUT2D eigenvalue weighted by Crippen LogP contribution is -2.33. The first kappa shape index (κ1) is 22.1. The molecule has 0 saturated carbocycles. The summed E-state index contributed by atoms with van der Waals surface area (Å²) in [5, 5.41) is 10.2. The topological polar surface area (TPSA) is 51.0 Å². The van der Waals surface area contributed by atoms with Crippen molar-refractivity contribution in [1.82, 2.24) is 19.7 Å². The van der Waals surface area contributed by atoms with E-state index in [9.17, 15) is 4.79 Å². The van der Waals surface area contributed by atoms with Crippen molar-refractivity contribution in [3.8, 4) is 11.4 Å². The fourth-order valence-corrected chi connectivity index (χ4v) is 4.00. The zero-order valence-electron chi connectivity index (χ0n) is 17.2. The van der Waals surface area contributed by atoms with Gasteiger partial charge in [-0.25, -0.2) is 0 Å². The van der Waals surface area contributed by atoms with Crippen LogP contribution in [0.15, 0.2) is 71.9 Å². The fourth-order valence-electron chi connectivity index (χ4n) is 3.04. The maximum atomic E-state index is 12.7. The SMILES string of the molecule is C=C(C)CN(CC)C(=O)CSc1nnc(-c2ccc(Cl)cc2)n1Cc1ccccc1. The summed E-state index contributed by atoms with van der Waals surface area (Å²) in [6.07, 6.45) is 0. The summed E-state index contributed by atoms with van der Waals surface area (Å²) < 4.78 is 2.05. The predicted molar refractivity (Wildman–Crippen MR) is 124 cm³/mol. The van der Waals surface area contributed by atoms with E-state index in [0.29, 0.717) is 35.6 Å². The molecule has 5 nitrogen and oxygen atoms in total. The van der Waals surface area contributed by atoms with E-state index in [2.05, 4.69) is 28.9 Å². The summed E-state index contributed by atoms with van der Waals surface area (Å²) >= 11 is 7.45. The summed E-state index contributed by atoms with van der Waals surface area (Å²) in [5.41, 5.74) is 3.03. The first-order chi connectivity index (χ1) is 14.5. The van der Waals surface area contributed by atoms with Gasteiger partial charge in [-0.15, -0.1) is 10.2 Å². The Kier molecular flexibility index (Phi) is 7.71. The van der Waals surface area contributed by atoms with Gasteiger partial charge in [0.05, 0.1) is 12.3 Å². The molecule has 0 spiro atoms. The van der Waals surface area contributed by atoms with Gasteiger partial charge < -0.3 is 4.90 Å². The molecule has 0 saturated heterocycles.